The first kappa shape index (κ1) is 22.6. The van der Waals surface area contributed by atoms with Crippen molar-refractivity contribution in [2.45, 2.75) is 50.2 Å². The molecule has 5 rings (SSSR count). The van der Waals surface area contributed by atoms with E-state index in [1.165, 1.54) is 25.7 Å². The van der Waals surface area contributed by atoms with E-state index < -0.39 is 0 Å². The third kappa shape index (κ3) is 4.85. The highest BCUT2D eigenvalue weighted by Crippen LogP contribution is 2.50. The Balaban J connectivity index is 1.19. The molecular weight excluding hydrogens is 426 g/mol. The normalized spacial score (nSPS) is 23.9. The van der Waals surface area contributed by atoms with Crippen LogP contribution in [0.1, 0.15) is 37.7 Å². The van der Waals surface area contributed by atoms with Crippen LogP contribution in [-0.2, 0) is 16.0 Å². The maximum absolute atomic E-state index is 5.81. The predicted octanol–water partition coefficient (Wildman–Crippen LogP) is 2.35. The molecule has 1 atom stereocenters. The minimum absolute atomic E-state index is 0.0421. The molecule has 3 aliphatic heterocycles. The summed E-state index contributed by atoms with van der Waals surface area (Å²) < 4.78 is 27.9. The summed E-state index contributed by atoms with van der Waals surface area (Å²) >= 11 is 0. The van der Waals surface area contributed by atoms with Gasteiger partial charge in [0, 0.05) is 50.1 Å². The van der Waals surface area contributed by atoms with Crippen molar-refractivity contribution in [3.8, 4) is 23.0 Å². The summed E-state index contributed by atoms with van der Waals surface area (Å²) in [5, 5.41) is 8.28. The first-order chi connectivity index (χ1) is 16.2. The van der Waals surface area contributed by atoms with Crippen LogP contribution in [0, 0.1) is 0 Å². The van der Waals surface area contributed by atoms with Crippen molar-refractivity contribution in [3.63, 3.8) is 0 Å². The number of morpholine rings is 1. The molecular formula is C24H35N3O6. The van der Waals surface area contributed by atoms with Gasteiger partial charge in [0.2, 0.25) is 18.3 Å². The van der Waals surface area contributed by atoms with E-state index in [-0.39, 0.29) is 18.4 Å². The number of methoxy groups -OCH3 is 2. The zero-order valence-corrected chi connectivity index (χ0v) is 19.7. The molecule has 1 aliphatic carbocycles. The molecule has 0 aromatic heterocycles. The molecule has 182 valence electrons. The summed E-state index contributed by atoms with van der Waals surface area (Å²) in [6, 6.07) is 1.95. The van der Waals surface area contributed by atoms with Crippen molar-refractivity contribution in [2.75, 3.05) is 60.4 Å². The molecule has 0 unspecified atom stereocenters. The van der Waals surface area contributed by atoms with Crippen molar-refractivity contribution in [3.05, 3.63) is 11.6 Å². The van der Waals surface area contributed by atoms with Crippen LogP contribution < -0.4 is 24.3 Å². The van der Waals surface area contributed by atoms with Crippen LogP contribution in [0.2, 0.25) is 0 Å². The first-order valence-electron chi connectivity index (χ1n) is 12.0. The fourth-order valence-electron chi connectivity index (χ4n) is 5.46. The molecule has 1 N–H and O–H groups in total. The van der Waals surface area contributed by atoms with E-state index in [0.29, 0.717) is 29.4 Å². The van der Waals surface area contributed by atoms with Crippen LogP contribution in [0.3, 0.4) is 0 Å². The van der Waals surface area contributed by atoms with Gasteiger partial charge in [0.1, 0.15) is 6.10 Å². The Morgan fingerprint density at radius 2 is 1.91 bits per heavy atom. The van der Waals surface area contributed by atoms with Crippen molar-refractivity contribution in [1.29, 1.82) is 0 Å². The average molecular weight is 462 g/mol. The van der Waals surface area contributed by atoms with E-state index >= 15 is 0 Å². The Morgan fingerprint density at radius 3 is 2.67 bits per heavy atom. The molecule has 1 saturated carbocycles. The van der Waals surface area contributed by atoms with Crippen LogP contribution in [0.5, 0.6) is 23.0 Å². The monoisotopic (exact) mass is 461 g/mol. The predicted molar refractivity (Wildman–Crippen MR) is 123 cm³/mol. The molecule has 1 aromatic rings. The third-order valence-electron chi connectivity index (χ3n) is 7.16. The zero-order valence-electron chi connectivity index (χ0n) is 19.7. The molecule has 9 nitrogen and oxygen atoms in total. The van der Waals surface area contributed by atoms with Gasteiger partial charge < -0.3 is 33.8 Å². The number of hydrogen-bond acceptors (Lipinski definition) is 9. The third-order valence-corrected chi connectivity index (χ3v) is 7.16. The van der Waals surface area contributed by atoms with Gasteiger partial charge in [0.05, 0.1) is 33.1 Å². The van der Waals surface area contributed by atoms with E-state index in [1.807, 2.05) is 6.07 Å². The fourth-order valence-corrected chi connectivity index (χ4v) is 5.46. The van der Waals surface area contributed by atoms with Gasteiger partial charge in [0.15, 0.2) is 11.5 Å². The highest BCUT2D eigenvalue weighted by atomic mass is 16.7. The number of nitrogens with one attached hydrogen (secondary N) is 1. The van der Waals surface area contributed by atoms with Gasteiger partial charge in [-0.2, -0.15) is 0 Å². The summed E-state index contributed by atoms with van der Waals surface area (Å²) in [5.74, 6) is 2.51. The van der Waals surface area contributed by atoms with Crippen molar-refractivity contribution >= 4 is 5.71 Å². The molecule has 4 aliphatic rings. The second kappa shape index (κ2) is 9.95. The van der Waals surface area contributed by atoms with Crippen LogP contribution in [-0.4, -0.2) is 82.7 Å². The van der Waals surface area contributed by atoms with Crippen LogP contribution in [0.25, 0.3) is 0 Å². The molecule has 0 bridgehead atoms. The van der Waals surface area contributed by atoms with Crippen molar-refractivity contribution in [2.24, 2.45) is 5.16 Å². The van der Waals surface area contributed by atoms with E-state index in [9.17, 15) is 0 Å². The highest BCUT2D eigenvalue weighted by molar-refractivity contribution is 5.87. The average Bonchev–Trinajstić information content (AvgIpc) is 3.60. The highest BCUT2D eigenvalue weighted by Gasteiger charge is 2.36. The number of benzene rings is 1. The van der Waals surface area contributed by atoms with Gasteiger partial charge >= 0.3 is 0 Å². The smallest absolute Gasteiger partial charge is 0.231 e. The van der Waals surface area contributed by atoms with Gasteiger partial charge in [0.25, 0.3) is 0 Å². The second-order valence-electron chi connectivity index (χ2n) is 9.36. The van der Waals surface area contributed by atoms with Crippen LogP contribution in [0.4, 0.5) is 0 Å². The summed E-state index contributed by atoms with van der Waals surface area (Å²) in [6.45, 7) is 5.74. The van der Waals surface area contributed by atoms with E-state index in [2.05, 4.69) is 15.4 Å². The van der Waals surface area contributed by atoms with E-state index in [0.717, 1.165) is 57.1 Å². The minimum Gasteiger partial charge on any atom is -0.493 e. The summed E-state index contributed by atoms with van der Waals surface area (Å²) in [7, 11) is 3.27. The maximum Gasteiger partial charge on any atom is 0.231 e. The Bertz CT molecular complexity index is 864. The topological polar surface area (TPSA) is 83.0 Å². The summed E-state index contributed by atoms with van der Waals surface area (Å²) in [4.78, 5) is 8.35. The molecule has 2 fully saturated rings. The second-order valence-corrected chi connectivity index (χ2v) is 9.36. The maximum atomic E-state index is 5.81. The summed E-state index contributed by atoms with van der Waals surface area (Å²) in [5.41, 5.74) is 2.21. The van der Waals surface area contributed by atoms with Crippen molar-refractivity contribution < 1.29 is 28.5 Å². The lowest BCUT2D eigenvalue weighted by Gasteiger charge is -2.38. The standard InChI is InChI=1S/C24H35N3O6/c1-28-20-12-17(21(29-2)23-22(20)31-16-32-23)11-19-13-18(26-33-19)14-25-24(5-3-4-6-24)15-27-7-9-30-10-8-27/h12,19,25H,3-11,13-16H2,1-2H3/t19-/m1/s1. The Hall–Kier alpha value is -2.23. The molecule has 3 heterocycles. The largest absolute Gasteiger partial charge is 0.493 e. The fraction of sp³-hybridized carbons (Fsp3) is 0.708. The van der Waals surface area contributed by atoms with Gasteiger partial charge in [-0.1, -0.05) is 18.0 Å². The Morgan fingerprint density at radius 1 is 1.12 bits per heavy atom. The lowest BCUT2D eigenvalue weighted by Crippen LogP contribution is -2.55. The molecule has 0 spiro atoms. The summed E-state index contributed by atoms with van der Waals surface area (Å²) in [6.07, 6.45) is 6.41. The number of ether oxygens (including phenoxy) is 5. The Kier molecular flexibility index (Phi) is 6.80. The van der Waals surface area contributed by atoms with E-state index in [4.69, 9.17) is 28.5 Å². The van der Waals surface area contributed by atoms with Gasteiger partial charge in [-0.25, -0.2) is 0 Å². The van der Waals surface area contributed by atoms with Crippen LogP contribution >= 0.6 is 0 Å². The Labute approximate surface area is 195 Å². The van der Waals surface area contributed by atoms with Gasteiger partial charge in [-0.15, -0.1) is 0 Å². The number of fused-ring (bicyclic) bond motifs is 1. The van der Waals surface area contributed by atoms with E-state index in [1.54, 1.807) is 14.2 Å². The number of rotatable bonds is 9. The quantitative estimate of drug-likeness (QED) is 0.600. The van der Waals surface area contributed by atoms with Crippen LogP contribution in [0.15, 0.2) is 11.2 Å². The first-order valence-corrected chi connectivity index (χ1v) is 12.0. The van der Waals surface area contributed by atoms with Gasteiger partial charge in [-0.3, -0.25) is 4.90 Å². The lowest BCUT2D eigenvalue weighted by molar-refractivity contribution is 0.0244. The lowest BCUT2D eigenvalue weighted by atomic mass is 9.95. The molecule has 1 aromatic carbocycles. The number of hydrogen-bond donors (Lipinski definition) is 1. The van der Waals surface area contributed by atoms with Crippen molar-refractivity contribution in [1.82, 2.24) is 10.2 Å². The zero-order chi connectivity index (χ0) is 22.7. The SMILES string of the molecule is COc1cc(C[C@@H]2CC(CNC3(CN4CCOCC4)CCCC3)=NO2)c(OC)c2c1OCO2. The molecule has 9 heteroatoms. The van der Waals surface area contributed by atoms with Gasteiger partial charge in [-0.05, 0) is 18.9 Å². The molecule has 33 heavy (non-hydrogen) atoms. The number of oxime groups is 1. The molecule has 1 saturated heterocycles. The molecule has 0 amide bonds. The molecule has 0 radical (unpaired) electrons. The number of nitrogens with zero attached hydrogens (tertiary/aromatic N) is 2. The minimum atomic E-state index is -0.0421.